The summed E-state index contributed by atoms with van der Waals surface area (Å²) in [5.74, 6) is -0.724. The topological polar surface area (TPSA) is 137 Å². The van der Waals surface area contributed by atoms with Gasteiger partial charge in [-0.3, -0.25) is 4.55 Å². The lowest BCUT2D eigenvalue weighted by molar-refractivity contribution is 0.434. The monoisotopic (exact) mass is 550 g/mol. The second-order valence-electron chi connectivity index (χ2n) is 6.61. The number of fused-ring (bicyclic) bond motifs is 1. The zero-order valence-electron chi connectivity index (χ0n) is 15.9. The van der Waals surface area contributed by atoms with Crippen LogP contribution in [0.15, 0.2) is 69.7 Å². The van der Waals surface area contributed by atoms with E-state index >= 15 is 0 Å². The number of halogens is 1. The molecule has 0 spiro atoms. The SMILES string of the molecule is Cc1nn(-c2ccc(I)cc2)c(O)c1N=Nc1c(O)cc(S(=O)(=O)O)c2ccccc12. The maximum Gasteiger partial charge on any atom is 0.295 e. The van der Waals surface area contributed by atoms with E-state index in [0.29, 0.717) is 11.4 Å². The van der Waals surface area contributed by atoms with E-state index in [1.807, 2.05) is 12.1 Å². The van der Waals surface area contributed by atoms with Gasteiger partial charge in [-0.25, -0.2) is 0 Å². The van der Waals surface area contributed by atoms with Gasteiger partial charge in [0.05, 0.1) is 11.4 Å². The molecule has 3 N–H and O–H groups in total. The van der Waals surface area contributed by atoms with E-state index in [9.17, 15) is 23.2 Å². The van der Waals surface area contributed by atoms with E-state index in [2.05, 4.69) is 37.9 Å². The first-order valence-corrected chi connectivity index (χ1v) is 11.4. The molecule has 3 aromatic carbocycles. The van der Waals surface area contributed by atoms with Crippen molar-refractivity contribution in [1.29, 1.82) is 0 Å². The van der Waals surface area contributed by atoms with Gasteiger partial charge in [-0.2, -0.15) is 18.2 Å². The fourth-order valence-corrected chi connectivity index (χ4v) is 4.19. The predicted octanol–water partition coefficient (Wildman–Crippen LogP) is 5.01. The highest BCUT2D eigenvalue weighted by Gasteiger charge is 2.20. The lowest BCUT2D eigenvalue weighted by atomic mass is 10.1. The molecule has 0 radical (unpaired) electrons. The standard InChI is InChI=1S/C20H15IN4O5S/c1-11-18(20(27)25(24-11)13-8-6-12(21)7-9-13)22-23-19-15-5-3-2-4-14(15)17(10-16(19)26)31(28,29)30/h2-10,26-27H,1H3,(H,28,29,30). The molecule has 0 bridgehead atoms. The summed E-state index contributed by atoms with van der Waals surface area (Å²) in [5.41, 5.74) is 1.12. The number of phenols is 1. The van der Waals surface area contributed by atoms with Gasteiger partial charge >= 0.3 is 0 Å². The molecule has 0 aliphatic heterocycles. The third-order valence-corrected chi connectivity index (χ3v) is 6.18. The van der Waals surface area contributed by atoms with Gasteiger partial charge in [0.2, 0.25) is 5.88 Å². The van der Waals surface area contributed by atoms with Gasteiger partial charge in [0.15, 0.2) is 5.69 Å². The molecular formula is C20H15IN4O5S. The van der Waals surface area contributed by atoms with Crippen LogP contribution in [0.5, 0.6) is 11.6 Å². The number of aryl methyl sites for hydroxylation is 1. The van der Waals surface area contributed by atoms with Gasteiger partial charge in [0, 0.05) is 20.4 Å². The molecule has 1 heterocycles. The molecule has 0 aliphatic carbocycles. The predicted molar refractivity (Wildman–Crippen MR) is 122 cm³/mol. The summed E-state index contributed by atoms with van der Waals surface area (Å²) in [5, 5.41) is 33.8. The smallest absolute Gasteiger partial charge is 0.295 e. The van der Waals surface area contributed by atoms with Crippen molar-refractivity contribution < 1.29 is 23.2 Å². The molecule has 0 aliphatic rings. The van der Waals surface area contributed by atoms with Crippen LogP contribution in [0.2, 0.25) is 0 Å². The normalized spacial score (nSPS) is 12.1. The van der Waals surface area contributed by atoms with Crippen molar-refractivity contribution in [3.05, 3.63) is 63.9 Å². The highest BCUT2D eigenvalue weighted by molar-refractivity contribution is 14.1. The number of aromatic nitrogens is 2. The summed E-state index contributed by atoms with van der Waals surface area (Å²) in [6, 6.07) is 14.5. The third kappa shape index (κ3) is 3.98. The molecule has 9 nitrogen and oxygen atoms in total. The number of aromatic hydroxyl groups is 2. The first-order chi connectivity index (χ1) is 14.7. The first-order valence-electron chi connectivity index (χ1n) is 8.85. The van der Waals surface area contributed by atoms with E-state index in [4.69, 9.17) is 0 Å². The number of hydrogen-bond donors (Lipinski definition) is 3. The Morgan fingerprint density at radius 2 is 1.58 bits per heavy atom. The summed E-state index contributed by atoms with van der Waals surface area (Å²) in [7, 11) is -4.57. The van der Waals surface area contributed by atoms with Crippen LogP contribution in [0, 0.1) is 10.5 Å². The maximum atomic E-state index is 11.7. The quantitative estimate of drug-likeness (QED) is 0.186. The Kier molecular flexibility index (Phi) is 5.41. The molecule has 0 saturated carbocycles. The highest BCUT2D eigenvalue weighted by atomic mass is 127. The van der Waals surface area contributed by atoms with E-state index in [1.54, 1.807) is 37.3 Å². The number of azo groups is 1. The second kappa shape index (κ2) is 7.90. The van der Waals surface area contributed by atoms with Gasteiger partial charge in [-0.05, 0) is 53.8 Å². The van der Waals surface area contributed by atoms with Crippen LogP contribution in [-0.2, 0) is 10.1 Å². The first kappa shape index (κ1) is 21.2. The van der Waals surface area contributed by atoms with Crippen molar-refractivity contribution in [1.82, 2.24) is 9.78 Å². The van der Waals surface area contributed by atoms with Gasteiger partial charge in [-0.1, -0.05) is 24.3 Å². The average molecular weight is 550 g/mol. The van der Waals surface area contributed by atoms with Crippen molar-refractivity contribution >= 4 is 54.9 Å². The Morgan fingerprint density at radius 3 is 2.23 bits per heavy atom. The Morgan fingerprint density at radius 1 is 0.968 bits per heavy atom. The summed E-state index contributed by atoms with van der Waals surface area (Å²) >= 11 is 2.17. The number of phenolic OH excluding ortho intramolecular Hbond substituents is 1. The van der Waals surface area contributed by atoms with E-state index in [1.165, 1.54) is 10.7 Å². The second-order valence-corrected chi connectivity index (χ2v) is 9.24. The fourth-order valence-electron chi connectivity index (χ4n) is 3.12. The molecule has 4 aromatic rings. The zero-order chi connectivity index (χ0) is 22.3. The molecular weight excluding hydrogens is 535 g/mol. The maximum absolute atomic E-state index is 11.7. The summed E-state index contributed by atoms with van der Waals surface area (Å²) < 4.78 is 35.2. The fraction of sp³-hybridized carbons (Fsp3) is 0.0500. The molecule has 11 heteroatoms. The van der Waals surface area contributed by atoms with E-state index in [-0.39, 0.29) is 28.0 Å². The van der Waals surface area contributed by atoms with Crippen LogP contribution in [0.25, 0.3) is 16.5 Å². The van der Waals surface area contributed by atoms with E-state index in [0.717, 1.165) is 9.64 Å². The Hall–Kier alpha value is -3.03. The van der Waals surface area contributed by atoms with Crippen LogP contribution in [0.4, 0.5) is 11.4 Å². The van der Waals surface area contributed by atoms with Crippen molar-refractivity contribution in [2.24, 2.45) is 10.2 Å². The molecule has 158 valence electrons. The van der Waals surface area contributed by atoms with Crippen LogP contribution in [0.3, 0.4) is 0 Å². The van der Waals surface area contributed by atoms with Crippen LogP contribution >= 0.6 is 22.6 Å². The summed E-state index contributed by atoms with van der Waals surface area (Å²) in [4.78, 5) is -0.440. The molecule has 0 atom stereocenters. The molecule has 0 saturated heterocycles. The molecule has 31 heavy (non-hydrogen) atoms. The Balaban J connectivity index is 1.83. The van der Waals surface area contributed by atoms with Gasteiger partial charge in [-0.15, -0.1) is 10.2 Å². The molecule has 1 aromatic heterocycles. The van der Waals surface area contributed by atoms with Gasteiger partial charge < -0.3 is 10.2 Å². The minimum atomic E-state index is -4.57. The average Bonchev–Trinajstić information content (AvgIpc) is 3.00. The minimum Gasteiger partial charge on any atom is -0.506 e. The van der Waals surface area contributed by atoms with Crippen LogP contribution in [-0.4, -0.2) is 33.0 Å². The Labute approximate surface area is 190 Å². The van der Waals surface area contributed by atoms with Gasteiger partial charge in [0.1, 0.15) is 16.3 Å². The number of nitrogens with zero attached hydrogens (tertiary/aromatic N) is 4. The lowest BCUT2D eigenvalue weighted by Gasteiger charge is -2.08. The van der Waals surface area contributed by atoms with Crippen LogP contribution < -0.4 is 0 Å². The van der Waals surface area contributed by atoms with Crippen molar-refractivity contribution in [2.45, 2.75) is 11.8 Å². The Bertz CT molecular complexity index is 1450. The number of benzene rings is 3. The van der Waals surface area contributed by atoms with E-state index < -0.39 is 20.8 Å². The number of hydrogen-bond acceptors (Lipinski definition) is 7. The third-order valence-electron chi connectivity index (χ3n) is 4.56. The van der Waals surface area contributed by atoms with Crippen LogP contribution in [0.1, 0.15) is 5.69 Å². The number of rotatable bonds is 4. The van der Waals surface area contributed by atoms with Gasteiger partial charge in [0.25, 0.3) is 10.1 Å². The lowest BCUT2D eigenvalue weighted by Crippen LogP contribution is -1.99. The molecule has 0 fully saturated rings. The largest absolute Gasteiger partial charge is 0.506 e. The van der Waals surface area contributed by atoms with Crippen molar-refractivity contribution in [2.75, 3.05) is 0 Å². The molecule has 0 unspecified atom stereocenters. The minimum absolute atomic E-state index is 0.0104. The summed E-state index contributed by atoms with van der Waals surface area (Å²) in [6.45, 7) is 1.65. The molecule has 0 amide bonds. The van der Waals surface area contributed by atoms with Crippen molar-refractivity contribution in [3.8, 4) is 17.3 Å². The molecule has 4 rings (SSSR count). The highest BCUT2D eigenvalue weighted by Crippen LogP contribution is 2.41. The van der Waals surface area contributed by atoms with Crippen molar-refractivity contribution in [3.63, 3.8) is 0 Å². The zero-order valence-corrected chi connectivity index (χ0v) is 18.9. The summed E-state index contributed by atoms with van der Waals surface area (Å²) in [6.07, 6.45) is 0.